The van der Waals surface area contributed by atoms with Crippen LogP contribution in [0.25, 0.3) is 10.9 Å². The predicted molar refractivity (Wildman–Crippen MR) is 122 cm³/mol. The molecule has 14 heteroatoms. The number of ether oxygens (including phenoxy) is 1. The van der Waals surface area contributed by atoms with Gasteiger partial charge in [-0.05, 0) is 38.4 Å². The van der Waals surface area contributed by atoms with Crippen LogP contribution in [0.3, 0.4) is 0 Å². The standard InChI is InChI=1S/C19H22ClN5O3.C2HF3O2/c1-24(2)7-9-28-10-8-25-17-4-3-13(20)11-15(17)18(23-25)22-16-12-21-6-5-14(16)19(26)27;3-2(4,5)1(6)7/h3-6,11-12H,7-10H2,1-2H3,(H,22,23)(H,26,27);(H,6,7). The molecule has 0 aliphatic carbocycles. The Bertz CT molecular complexity index is 1170. The number of carboxylic acid groups (broad SMARTS) is 2. The number of fused-ring (bicyclic) bond motifs is 1. The Morgan fingerprint density at radius 2 is 1.89 bits per heavy atom. The maximum Gasteiger partial charge on any atom is 0.490 e. The molecule has 0 atom stereocenters. The van der Waals surface area contributed by atoms with Gasteiger partial charge in [0.2, 0.25) is 0 Å². The summed E-state index contributed by atoms with van der Waals surface area (Å²) in [5.41, 5.74) is 1.36. The molecule has 3 rings (SSSR count). The molecule has 1 aromatic carbocycles. The summed E-state index contributed by atoms with van der Waals surface area (Å²) < 4.78 is 39.2. The van der Waals surface area contributed by atoms with Gasteiger partial charge in [-0.15, -0.1) is 0 Å². The molecule has 2 aromatic heterocycles. The van der Waals surface area contributed by atoms with Gasteiger partial charge in [0, 0.05) is 23.2 Å². The number of alkyl halides is 3. The molecule has 0 bridgehead atoms. The highest BCUT2D eigenvalue weighted by molar-refractivity contribution is 6.31. The highest BCUT2D eigenvalue weighted by Gasteiger charge is 2.38. The molecule has 0 spiro atoms. The maximum absolute atomic E-state index is 11.5. The zero-order chi connectivity index (χ0) is 26.2. The fraction of sp³-hybridized carbons (Fsp3) is 0.333. The van der Waals surface area contributed by atoms with Crippen LogP contribution in [0.1, 0.15) is 10.4 Å². The number of hydrogen-bond acceptors (Lipinski definition) is 7. The summed E-state index contributed by atoms with van der Waals surface area (Å²) in [4.78, 5) is 26.4. The van der Waals surface area contributed by atoms with Crippen LogP contribution in [-0.4, -0.2) is 81.8 Å². The number of nitrogens with zero attached hydrogens (tertiary/aromatic N) is 4. The van der Waals surface area contributed by atoms with Gasteiger partial charge >= 0.3 is 18.1 Å². The van der Waals surface area contributed by atoms with E-state index >= 15 is 0 Å². The van der Waals surface area contributed by atoms with E-state index in [9.17, 15) is 23.1 Å². The van der Waals surface area contributed by atoms with Crippen molar-refractivity contribution in [1.29, 1.82) is 0 Å². The highest BCUT2D eigenvalue weighted by atomic mass is 35.5. The molecule has 0 saturated heterocycles. The molecule has 10 nitrogen and oxygen atoms in total. The third-order valence-electron chi connectivity index (χ3n) is 4.39. The van der Waals surface area contributed by atoms with Gasteiger partial charge in [0.25, 0.3) is 0 Å². The van der Waals surface area contributed by atoms with Crippen molar-refractivity contribution in [3.8, 4) is 0 Å². The molecule has 0 unspecified atom stereocenters. The van der Waals surface area contributed by atoms with Crippen molar-refractivity contribution < 1.29 is 37.7 Å². The summed E-state index contributed by atoms with van der Waals surface area (Å²) in [5.74, 6) is -3.28. The van der Waals surface area contributed by atoms with Crippen LogP contribution in [0.4, 0.5) is 24.7 Å². The Morgan fingerprint density at radius 3 is 2.49 bits per heavy atom. The lowest BCUT2D eigenvalue weighted by molar-refractivity contribution is -0.192. The number of pyridine rings is 1. The van der Waals surface area contributed by atoms with Crippen molar-refractivity contribution in [3.05, 3.63) is 47.2 Å². The minimum absolute atomic E-state index is 0.117. The van der Waals surface area contributed by atoms with Gasteiger partial charge in [-0.25, -0.2) is 9.59 Å². The number of benzene rings is 1. The van der Waals surface area contributed by atoms with Crippen LogP contribution in [0.2, 0.25) is 5.02 Å². The molecule has 0 saturated carbocycles. The number of aromatic nitrogens is 3. The number of nitrogens with one attached hydrogen (secondary N) is 1. The fourth-order valence-electron chi connectivity index (χ4n) is 2.72. The number of carboxylic acids is 2. The van der Waals surface area contributed by atoms with Crippen LogP contribution in [0, 0.1) is 0 Å². The molecule has 190 valence electrons. The van der Waals surface area contributed by atoms with Gasteiger partial charge in [-0.2, -0.15) is 18.3 Å². The summed E-state index contributed by atoms with van der Waals surface area (Å²) in [6.45, 7) is 2.56. The van der Waals surface area contributed by atoms with E-state index in [1.807, 2.05) is 24.8 Å². The van der Waals surface area contributed by atoms with Crippen molar-refractivity contribution in [2.24, 2.45) is 0 Å². The number of likely N-dealkylation sites (N-methyl/N-ethyl adjacent to an activating group) is 1. The molecule has 0 aliphatic rings. The number of aromatic carboxylic acids is 1. The molecule has 0 amide bonds. The second-order valence-corrected chi connectivity index (χ2v) is 7.74. The second-order valence-electron chi connectivity index (χ2n) is 7.30. The minimum Gasteiger partial charge on any atom is -0.478 e. The molecule has 0 radical (unpaired) electrons. The Labute approximate surface area is 202 Å². The molecular weight excluding hydrogens is 495 g/mol. The van der Waals surface area contributed by atoms with Gasteiger partial charge in [-0.3, -0.25) is 9.67 Å². The normalized spacial score (nSPS) is 11.3. The average molecular weight is 518 g/mol. The summed E-state index contributed by atoms with van der Waals surface area (Å²) in [6, 6.07) is 6.92. The lowest BCUT2D eigenvalue weighted by Crippen LogP contribution is -2.21. The third-order valence-corrected chi connectivity index (χ3v) is 4.62. The highest BCUT2D eigenvalue weighted by Crippen LogP contribution is 2.29. The van der Waals surface area contributed by atoms with Crippen LogP contribution >= 0.6 is 11.6 Å². The Kier molecular flexibility index (Phi) is 9.80. The molecule has 0 aliphatic heterocycles. The second kappa shape index (κ2) is 12.3. The first-order valence-electron chi connectivity index (χ1n) is 10.0. The van der Waals surface area contributed by atoms with E-state index in [1.54, 1.807) is 12.1 Å². The van der Waals surface area contributed by atoms with Crippen LogP contribution in [-0.2, 0) is 16.1 Å². The summed E-state index contributed by atoms with van der Waals surface area (Å²) in [7, 11) is 3.99. The number of halogens is 4. The molecule has 0 fully saturated rings. The van der Waals surface area contributed by atoms with Gasteiger partial charge in [-0.1, -0.05) is 11.6 Å². The first-order valence-corrected chi connectivity index (χ1v) is 10.4. The summed E-state index contributed by atoms with van der Waals surface area (Å²) in [6.07, 6.45) is -2.18. The topological polar surface area (TPSA) is 130 Å². The van der Waals surface area contributed by atoms with E-state index in [-0.39, 0.29) is 5.56 Å². The van der Waals surface area contributed by atoms with Gasteiger partial charge in [0.1, 0.15) is 0 Å². The molecular formula is C21H23ClF3N5O5. The first-order chi connectivity index (χ1) is 16.4. The van der Waals surface area contributed by atoms with E-state index in [1.165, 1.54) is 18.5 Å². The zero-order valence-corrected chi connectivity index (χ0v) is 19.5. The van der Waals surface area contributed by atoms with Gasteiger partial charge in [0.15, 0.2) is 5.82 Å². The Balaban J connectivity index is 0.000000540. The van der Waals surface area contributed by atoms with E-state index in [2.05, 4.69) is 20.3 Å². The minimum atomic E-state index is -5.08. The largest absolute Gasteiger partial charge is 0.490 e. The van der Waals surface area contributed by atoms with Crippen LogP contribution < -0.4 is 5.32 Å². The van der Waals surface area contributed by atoms with Crippen molar-refractivity contribution >= 4 is 45.9 Å². The van der Waals surface area contributed by atoms with Gasteiger partial charge < -0.3 is 25.2 Å². The number of aliphatic carboxylic acids is 1. The van der Waals surface area contributed by atoms with Crippen molar-refractivity contribution in [1.82, 2.24) is 19.7 Å². The van der Waals surface area contributed by atoms with Crippen molar-refractivity contribution in [3.63, 3.8) is 0 Å². The van der Waals surface area contributed by atoms with E-state index in [4.69, 9.17) is 26.2 Å². The van der Waals surface area contributed by atoms with E-state index in [0.29, 0.717) is 36.3 Å². The van der Waals surface area contributed by atoms with Crippen LogP contribution in [0.5, 0.6) is 0 Å². The third kappa shape index (κ3) is 8.38. The SMILES string of the molecule is CN(C)CCOCCn1nc(Nc2cnccc2C(=O)O)c2cc(Cl)ccc21.O=C(O)C(F)(F)F. The quantitative estimate of drug-likeness (QED) is 0.363. The number of rotatable bonds is 9. The lowest BCUT2D eigenvalue weighted by atomic mass is 10.2. The molecule has 3 aromatic rings. The summed E-state index contributed by atoms with van der Waals surface area (Å²) in [5, 5.41) is 25.5. The Hall–Kier alpha value is -3.42. The molecule has 2 heterocycles. The molecule has 35 heavy (non-hydrogen) atoms. The number of anilines is 2. The smallest absolute Gasteiger partial charge is 0.478 e. The lowest BCUT2D eigenvalue weighted by Gasteiger charge is -2.10. The average Bonchev–Trinajstić information content (AvgIpc) is 3.09. The predicted octanol–water partition coefficient (Wildman–Crippen LogP) is 3.74. The van der Waals surface area contributed by atoms with Crippen molar-refractivity contribution in [2.45, 2.75) is 12.7 Å². The van der Waals surface area contributed by atoms with E-state index in [0.717, 1.165) is 17.4 Å². The zero-order valence-electron chi connectivity index (χ0n) is 18.7. The number of hydrogen-bond donors (Lipinski definition) is 3. The fourth-order valence-corrected chi connectivity index (χ4v) is 2.89. The summed E-state index contributed by atoms with van der Waals surface area (Å²) >= 11 is 6.16. The van der Waals surface area contributed by atoms with E-state index < -0.39 is 18.1 Å². The first kappa shape index (κ1) is 27.8. The number of carbonyl (C=O) groups is 2. The Morgan fingerprint density at radius 1 is 1.20 bits per heavy atom. The maximum atomic E-state index is 11.5. The molecule has 3 N–H and O–H groups in total. The van der Waals surface area contributed by atoms with Crippen LogP contribution in [0.15, 0.2) is 36.7 Å². The monoisotopic (exact) mass is 517 g/mol. The van der Waals surface area contributed by atoms with Crippen molar-refractivity contribution in [2.75, 3.05) is 39.2 Å². The van der Waals surface area contributed by atoms with Gasteiger partial charge in [0.05, 0.1) is 42.7 Å².